The van der Waals surface area contributed by atoms with Crippen LogP contribution in [0.4, 0.5) is 0 Å². The first-order valence-electron chi connectivity index (χ1n) is 5.76. The van der Waals surface area contributed by atoms with Gasteiger partial charge in [-0.05, 0) is 33.1 Å². The molecule has 0 aliphatic carbocycles. The minimum absolute atomic E-state index is 0.158. The Balaban J connectivity index is 3.62. The predicted octanol–water partition coefficient (Wildman–Crippen LogP) is 2.43. The number of esters is 1. The zero-order valence-corrected chi connectivity index (χ0v) is 11.9. The highest BCUT2D eigenvalue weighted by Gasteiger charge is 2.16. The summed E-state index contributed by atoms with van der Waals surface area (Å²) in [4.78, 5) is 11.4. The summed E-state index contributed by atoms with van der Waals surface area (Å²) in [6.45, 7) is 9.93. The molecule has 3 nitrogen and oxygen atoms in total. The third-order valence-corrected chi connectivity index (χ3v) is 2.85. The van der Waals surface area contributed by atoms with Crippen molar-refractivity contribution in [2.75, 3.05) is 11.5 Å². The predicted molar refractivity (Wildman–Crippen MR) is 70.6 cm³/mol. The highest BCUT2D eigenvalue weighted by Crippen LogP contribution is 2.12. The number of hydrogen-bond donors (Lipinski definition) is 1. The van der Waals surface area contributed by atoms with Crippen molar-refractivity contribution in [1.82, 2.24) is 0 Å². The maximum absolute atomic E-state index is 11.4. The van der Waals surface area contributed by atoms with Gasteiger partial charge in [0.2, 0.25) is 0 Å². The average Bonchev–Trinajstić information content (AvgIpc) is 1.98. The van der Waals surface area contributed by atoms with E-state index in [1.165, 1.54) is 0 Å². The molecule has 0 saturated carbocycles. The summed E-state index contributed by atoms with van der Waals surface area (Å²) >= 11 is 1.55. The van der Waals surface area contributed by atoms with Gasteiger partial charge < -0.3 is 10.5 Å². The van der Waals surface area contributed by atoms with E-state index < -0.39 is 5.60 Å². The molecule has 0 aromatic rings. The average molecular weight is 247 g/mol. The van der Waals surface area contributed by atoms with Crippen LogP contribution >= 0.6 is 11.8 Å². The largest absolute Gasteiger partial charge is 0.459 e. The van der Waals surface area contributed by atoms with E-state index in [0.29, 0.717) is 11.7 Å². The van der Waals surface area contributed by atoms with Gasteiger partial charge in [-0.25, -0.2) is 0 Å². The van der Waals surface area contributed by atoms with Crippen molar-refractivity contribution in [1.29, 1.82) is 0 Å². The Morgan fingerprint density at radius 3 is 2.38 bits per heavy atom. The van der Waals surface area contributed by atoms with E-state index in [1.54, 1.807) is 11.8 Å². The smallest absolute Gasteiger partial charge is 0.316 e. The zero-order valence-electron chi connectivity index (χ0n) is 11.1. The SMILES string of the molecule is CC(C)C[C@H](N)CSCC(=O)OC(C)(C)C. The number of rotatable bonds is 6. The normalized spacial score (nSPS) is 13.9. The molecule has 0 rings (SSSR count). The molecule has 2 N–H and O–H groups in total. The fraction of sp³-hybridized carbons (Fsp3) is 0.917. The van der Waals surface area contributed by atoms with E-state index in [2.05, 4.69) is 13.8 Å². The van der Waals surface area contributed by atoms with Crippen LogP contribution < -0.4 is 5.73 Å². The topological polar surface area (TPSA) is 52.3 Å². The lowest BCUT2D eigenvalue weighted by Gasteiger charge is -2.19. The molecular weight excluding hydrogens is 222 g/mol. The summed E-state index contributed by atoms with van der Waals surface area (Å²) in [5, 5.41) is 0. The van der Waals surface area contributed by atoms with E-state index in [1.807, 2.05) is 20.8 Å². The Bertz CT molecular complexity index is 212. The van der Waals surface area contributed by atoms with Crippen LogP contribution in [-0.2, 0) is 9.53 Å². The molecule has 0 aromatic heterocycles. The van der Waals surface area contributed by atoms with Crippen molar-refractivity contribution >= 4 is 17.7 Å². The molecule has 0 aliphatic rings. The zero-order chi connectivity index (χ0) is 12.8. The Labute approximate surface area is 103 Å². The van der Waals surface area contributed by atoms with Gasteiger partial charge in [-0.1, -0.05) is 13.8 Å². The Morgan fingerprint density at radius 2 is 1.94 bits per heavy atom. The van der Waals surface area contributed by atoms with Crippen molar-refractivity contribution in [2.24, 2.45) is 11.7 Å². The first-order valence-corrected chi connectivity index (χ1v) is 6.91. The van der Waals surface area contributed by atoms with Gasteiger partial charge in [0.1, 0.15) is 5.60 Å². The summed E-state index contributed by atoms with van der Waals surface area (Å²) in [5.41, 5.74) is 5.52. The van der Waals surface area contributed by atoms with E-state index in [4.69, 9.17) is 10.5 Å². The van der Waals surface area contributed by atoms with E-state index >= 15 is 0 Å². The molecule has 0 heterocycles. The van der Waals surface area contributed by atoms with Gasteiger partial charge in [-0.2, -0.15) is 0 Å². The van der Waals surface area contributed by atoms with Gasteiger partial charge in [0.25, 0.3) is 0 Å². The Kier molecular flexibility index (Phi) is 7.07. The maximum Gasteiger partial charge on any atom is 0.316 e. The Morgan fingerprint density at radius 1 is 1.38 bits per heavy atom. The summed E-state index contributed by atoms with van der Waals surface area (Å²) in [7, 11) is 0. The van der Waals surface area contributed by atoms with Gasteiger partial charge in [-0.15, -0.1) is 11.8 Å². The fourth-order valence-corrected chi connectivity index (χ4v) is 2.12. The van der Waals surface area contributed by atoms with Crippen molar-refractivity contribution in [3.05, 3.63) is 0 Å². The molecule has 0 saturated heterocycles. The van der Waals surface area contributed by atoms with Crippen molar-refractivity contribution in [3.63, 3.8) is 0 Å². The van der Waals surface area contributed by atoms with Gasteiger partial charge in [-0.3, -0.25) is 4.79 Å². The number of thioether (sulfide) groups is 1. The van der Waals surface area contributed by atoms with Crippen LogP contribution in [0.2, 0.25) is 0 Å². The van der Waals surface area contributed by atoms with Crippen LogP contribution in [0.3, 0.4) is 0 Å². The van der Waals surface area contributed by atoms with Crippen molar-refractivity contribution in [2.45, 2.75) is 52.7 Å². The molecule has 96 valence electrons. The molecule has 0 radical (unpaired) electrons. The highest BCUT2D eigenvalue weighted by molar-refractivity contribution is 7.99. The second kappa shape index (κ2) is 7.17. The third kappa shape index (κ3) is 10.3. The number of carbonyl (C=O) groups is 1. The lowest BCUT2D eigenvalue weighted by Crippen LogP contribution is -2.27. The highest BCUT2D eigenvalue weighted by atomic mass is 32.2. The van der Waals surface area contributed by atoms with Crippen molar-refractivity contribution in [3.8, 4) is 0 Å². The lowest BCUT2D eigenvalue weighted by atomic mass is 10.1. The van der Waals surface area contributed by atoms with E-state index in [-0.39, 0.29) is 12.0 Å². The lowest BCUT2D eigenvalue weighted by molar-refractivity contribution is -0.151. The van der Waals surface area contributed by atoms with Gasteiger partial charge in [0, 0.05) is 11.8 Å². The van der Waals surface area contributed by atoms with Crippen molar-refractivity contribution < 1.29 is 9.53 Å². The fourth-order valence-electron chi connectivity index (χ4n) is 1.34. The molecule has 0 bridgehead atoms. The van der Waals surface area contributed by atoms with Gasteiger partial charge >= 0.3 is 5.97 Å². The van der Waals surface area contributed by atoms with Crippen LogP contribution in [0.5, 0.6) is 0 Å². The van der Waals surface area contributed by atoms with Crippen LogP contribution in [-0.4, -0.2) is 29.1 Å². The number of ether oxygens (including phenoxy) is 1. The molecule has 0 aliphatic heterocycles. The summed E-state index contributed by atoms with van der Waals surface area (Å²) in [5.74, 6) is 1.66. The molecule has 1 atom stereocenters. The Hall–Kier alpha value is -0.220. The molecule has 4 heteroatoms. The summed E-state index contributed by atoms with van der Waals surface area (Å²) in [6, 6.07) is 0.174. The number of hydrogen-bond acceptors (Lipinski definition) is 4. The minimum Gasteiger partial charge on any atom is -0.459 e. The molecule has 0 unspecified atom stereocenters. The summed E-state index contributed by atoms with van der Waals surface area (Å²) in [6.07, 6.45) is 1.00. The molecule has 0 spiro atoms. The van der Waals surface area contributed by atoms with Crippen LogP contribution in [0, 0.1) is 5.92 Å². The number of carbonyl (C=O) groups excluding carboxylic acids is 1. The summed E-state index contributed by atoms with van der Waals surface area (Å²) < 4.78 is 5.20. The first kappa shape index (κ1) is 15.8. The minimum atomic E-state index is -0.391. The van der Waals surface area contributed by atoms with Gasteiger partial charge in [0.15, 0.2) is 0 Å². The van der Waals surface area contributed by atoms with E-state index in [0.717, 1.165) is 12.2 Å². The van der Waals surface area contributed by atoms with Crippen LogP contribution in [0.15, 0.2) is 0 Å². The van der Waals surface area contributed by atoms with Crippen LogP contribution in [0.1, 0.15) is 41.0 Å². The first-order chi connectivity index (χ1) is 7.20. The van der Waals surface area contributed by atoms with E-state index in [9.17, 15) is 4.79 Å². The molecule has 0 fully saturated rings. The second-order valence-corrected chi connectivity index (χ2v) is 6.52. The standard InChI is InChI=1S/C12H25NO2S/c1-9(2)6-10(13)7-16-8-11(14)15-12(3,4)5/h9-10H,6-8,13H2,1-5H3/t10-/m0/s1. The van der Waals surface area contributed by atoms with Gasteiger partial charge in [0.05, 0.1) is 5.75 Å². The maximum atomic E-state index is 11.4. The quantitative estimate of drug-likeness (QED) is 0.732. The van der Waals surface area contributed by atoms with Crippen LogP contribution in [0.25, 0.3) is 0 Å². The third-order valence-electron chi connectivity index (χ3n) is 1.75. The molecule has 0 amide bonds. The second-order valence-electron chi connectivity index (χ2n) is 5.49. The molecule has 0 aromatic carbocycles. The number of nitrogens with two attached hydrogens (primary N) is 1. The monoisotopic (exact) mass is 247 g/mol. The molecular formula is C12H25NO2S. The molecule has 16 heavy (non-hydrogen) atoms.